The number of methoxy groups -OCH3 is 2. The van der Waals surface area contributed by atoms with Crippen LogP contribution in [0.25, 0.3) is 0 Å². The molecule has 2 N–H and O–H groups in total. The first-order valence-corrected chi connectivity index (χ1v) is 9.27. The van der Waals surface area contributed by atoms with E-state index in [4.69, 9.17) is 19.9 Å². The van der Waals surface area contributed by atoms with Crippen LogP contribution in [0.4, 0.5) is 0 Å². The highest BCUT2D eigenvalue weighted by Crippen LogP contribution is 2.28. The van der Waals surface area contributed by atoms with E-state index in [1.54, 1.807) is 14.2 Å². The van der Waals surface area contributed by atoms with E-state index in [9.17, 15) is 0 Å². The van der Waals surface area contributed by atoms with Crippen LogP contribution in [0.15, 0.2) is 18.2 Å². The maximum absolute atomic E-state index is 5.94. The van der Waals surface area contributed by atoms with Crippen LogP contribution in [0, 0.1) is 0 Å². The van der Waals surface area contributed by atoms with E-state index in [1.807, 2.05) is 32.9 Å². The highest BCUT2D eigenvalue weighted by Gasteiger charge is 2.13. The third-order valence-electron chi connectivity index (χ3n) is 3.74. The largest absolute Gasteiger partial charge is 0.493 e. The highest BCUT2D eigenvalue weighted by atomic mass is 16.5. The minimum atomic E-state index is 0.480. The molecule has 0 spiro atoms. The molecule has 0 amide bonds. The molecule has 2 rings (SSSR count). The first-order valence-electron chi connectivity index (χ1n) is 9.27. The quantitative estimate of drug-likeness (QED) is 0.824. The smallest absolute Gasteiger partial charge is 0.160 e. The molecule has 24 heavy (non-hydrogen) atoms. The van der Waals surface area contributed by atoms with Gasteiger partial charge in [0.2, 0.25) is 0 Å². The molecule has 0 radical (unpaired) electrons. The second-order valence-corrected chi connectivity index (χ2v) is 5.48. The van der Waals surface area contributed by atoms with Gasteiger partial charge in [-0.05, 0) is 43.5 Å². The van der Waals surface area contributed by atoms with Crippen molar-refractivity contribution in [1.29, 1.82) is 0 Å². The van der Waals surface area contributed by atoms with E-state index in [1.165, 1.54) is 37.7 Å². The summed E-state index contributed by atoms with van der Waals surface area (Å²) < 4.78 is 16.5. The van der Waals surface area contributed by atoms with Crippen LogP contribution in [0.5, 0.6) is 11.5 Å². The molecule has 1 saturated carbocycles. The number of ether oxygens (including phenoxy) is 3. The highest BCUT2D eigenvalue weighted by molar-refractivity contribution is 5.42. The van der Waals surface area contributed by atoms with Gasteiger partial charge in [0.15, 0.2) is 11.5 Å². The van der Waals surface area contributed by atoms with Crippen molar-refractivity contribution in [1.82, 2.24) is 0 Å². The Bertz CT molecular complexity index is 404. The summed E-state index contributed by atoms with van der Waals surface area (Å²) in [7, 11) is 3.32. The van der Waals surface area contributed by atoms with Gasteiger partial charge in [0.05, 0.1) is 26.9 Å². The number of rotatable bonds is 6. The summed E-state index contributed by atoms with van der Waals surface area (Å²) in [6, 6.07) is 6.06. The van der Waals surface area contributed by atoms with Crippen LogP contribution in [-0.2, 0) is 11.2 Å². The zero-order chi connectivity index (χ0) is 18.2. The van der Waals surface area contributed by atoms with Crippen LogP contribution in [0.3, 0.4) is 0 Å². The van der Waals surface area contributed by atoms with E-state index in [-0.39, 0.29) is 0 Å². The first kappa shape index (κ1) is 22.7. The lowest BCUT2D eigenvalue weighted by Crippen LogP contribution is -2.17. The molecule has 0 aliphatic heterocycles. The molecule has 1 fully saturated rings. The van der Waals surface area contributed by atoms with Crippen LogP contribution in [0.2, 0.25) is 0 Å². The van der Waals surface area contributed by atoms with Gasteiger partial charge in [0, 0.05) is 0 Å². The molecule has 0 saturated heterocycles. The van der Waals surface area contributed by atoms with Crippen molar-refractivity contribution in [2.45, 2.75) is 65.4 Å². The summed E-state index contributed by atoms with van der Waals surface area (Å²) >= 11 is 0. The standard InChI is InChI=1S/C16H24O3.C2H7N.C2H6/c1-17-15-9-8-13(12-16(15)18-2)10-11-19-14-6-4-3-5-7-14;1-2-3;1-2/h8-9,12,14H,3-7,10-11H2,1-2H3;2-3H2,1H3;1-2H3. The first-order chi connectivity index (χ1) is 11.7. The topological polar surface area (TPSA) is 53.7 Å². The summed E-state index contributed by atoms with van der Waals surface area (Å²) in [5, 5.41) is 0. The normalized spacial score (nSPS) is 13.9. The van der Waals surface area contributed by atoms with Crippen LogP contribution < -0.4 is 15.2 Å². The molecule has 1 aromatic carbocycles. The van der Waals surface area contributed by atoms with Crippen LogP contribution >= 0.6 is 0 Å². The van der Waals surface area contributed by atoms with E-state index in [0.29, 0.717) is 6.10 Å². The van der Waals surface area contributed by atoms with Gasteiger partial charge >= 0.3 is 0 Å². The molecular weight excluding hydrogens is 302 g/mol. The summed E-state index contributed by atoms with van der Waals surface area (Å²) in [5.74, 6) is 1.57. The second kappa shape index (κ2) is 15.3. The molecule has 0 atom stereocenters. The average Bonchev–Trinajstić information content (AvgIpc) is 2.65. The van der Waals surface area contributed by atoms with Crippen molar-refractivity contribution in [3.63, 3.8) is 0 Å². The third kappa shape index (κ3) is 9.14. The maximum Gasteiger partial charge on any atom is 0.160 e. The van der Waals surface area contributed by atoms with Crippen LogP contribution in [0.1, 0.15) is 58.4 Å². The molecular formula is C20H37NO3. The van der Waals surface area contributed by atoms with Gasteiger partial charge in [0.1, 0.15) is 0 Å². The van der Waals surface area contributed by atoms with Crippen molar-refractivity contribution in [2.75, 3.05) is 27.4 Å². The molecule has 140 valence electrons. The van der Waals surface area contributed by atoms with E-state index in [0.717, 1.165) is 31.1 Å². The fraction of sp³-hybridized carbons (Fsp3) is 0.700. The van der Waals surface area contributed by atoms with E-state index >= 15 is 0 Å². The van der Waals surface area contributed by atoms with Gasteiger partial charge in [-0.15, -0.1) is 0 Å². The fourth-order valence-electron chi connectivity index (χ4n) is 2.61. The summed E-state index contributed by atoms with van der Waals surface area (Å²) in [6.07, 6.45) is 7.88. The van der Waals surface area contributed by atoms with Gasteiger partial charge in [-0.2, -0.15) is 0 Å². The molecule has 1 aliphatic rings. The van der Waals surface area contributed by atoms with Crippen molar-refractivity contribution in [3.8, 4) is 11.5 Å². The second-order valence-electron chi connectivity index (χ2n) is 5.48. The molecule has 1 aliphatic carbocycles. The Morgan fingerprint density at radius 2 is 1.58 bits per heavy atom. The number of nitrogens with two attached hydrogens (primary N) is 1. The van der Waals surface area contributed by atoms with Gasteiger partial charge in [-0.3, -0.25) is 0 Å². The Kier molecular flexibility index (Phi) is 14.5. The average molecular weight is 340 g/mol. The van der Waals surface area contributed by atoms with Crippen LogP contribution in [-0.4, -0.2) is 33.5 Å². The molecule has 0 heterocycles. The maximum atomic E-state index is 5.94. The Hall–Kier alpha value is -1.26. The molecule has 4 nitrogen and oxygen atoms in total. The zero-order valence-corrected chi connectivity index (χ0v) is 16.3. The minimum Gasteiger partial charge on any atom is -0.493 e. The van der Waals surface area contributed by atoms with Crippen molar-refractivity contribution < 1.29 is 14.2 Å². The number of hydrogen-bond donors (Lipinski definition) is 1. The predicted molar refractivity (Wildman–Crippen MR) is 102 cm³/mol. The Balaban J connectivity index is 0.000000952. The number of hydrogen-bond acceptors (Lipinski definition) is 4. The Morgan fingerprint density at radius 1 is 1.00 bits per heavy atom. The van der Waals surface area contributed by atoms with Crippen molar-refractivity contribution in [2.24, 2.45) is 5.73 Å². The van der Waals surface area contributed by atoms with Gasteiger partial charge < -0.3 is 19.9 Å². The van der Waals surface area contributed by atoms with Gasteiger partial charge in [0.25, 0.3) is 0 Å². The predicted octanol–water partition coefficient (Wildman–Crippen LogP) is 4.59. The molecule has 0 unspecified atom stereocenters. The zero-order valence-electron chi connectivity index (χ0n) is 16.3. The van der Waals surface area contributed by atoms with Crippen molar-refractivity contribution >= 4 is 0 Å². The molecule has 1 aromatic rings. The molecule has 0 bridgehead atoms. The summed E-state index contributed by atoms with van der Waals surface area (Å²) in [6.45, 7) is 7.44. The summed E-state index contributed by atoms with van der Waals surface area (Å²) in [4.78, 5) is 0. The Morgan fingerprint density at radius 3 is 2.12 bits per heavy atom. The lowest BCUT2D eigenvalue weighted by molar-refractivity contribution is 0.0303. The van der Waals surface area contributed by atoms with Gasteiger partial charge in [-0.25, -0.2) is 0 Å². The SMILES string of the molecule is CC.CCN.COc1ccc(CCOC2CCCCC2)cc1OC. The molecule has 0 aromatic heterocycles. The number of benzene rings is 1. The van der Waals surface area contributed by atoms with Crippen molar-refractivity contribution in [3.05, 3.63) is 23.8 Å². The lowest BCUT2D eigenvalue weighted by atomic mass is 9.98. The third-order valence-corrected chi connectivity index (χ3v) is 3.74. The Labute approximate surface area is 148 Å². The van der Waals surface area contributed by atoms with Gasteiger partial charge in [-0.1, -0.05) is 46.1 Å². The fourth-order valence-corrected chi connectivity index (χ4v) is 2.61. The monoisotopic (exact) mass is 339 g/mol. The van der Waals surface area contributed by atoms with E-state index < -0.39 is 0 Å². The molecule has 4 heteroatoms. The summed E-state index contributed by atoms with van der Waals surface area (Å²) in [5.41, 5.74) is 6.08. The lowest BCUT2D eigenvalue weighted by Gasteiger charge is -2.22. The minimum absolute atomic E-state index is 0.480. The van der Waals surface area contributed by atoms with E-state index in [2.05, 4.69) is 6.07 Å².